The number of aromatic hydroxyl groups is 1. The minimum atomic E-state index is -0.115. The highest BCUT2D eigenvalue weighted by Crippen LogP contribution is 2.36. The van der Waals surface area contributed by atoms with Gasteiger partial charge in [-0.05, 0) is 46.6 Å². The molecule has 0 spiro atoms. The fraction of sp³-hybridized carbons (Fsp3) is 0.250. The first-order chi connectivity index (χ1) is 10.9. The van der Waals surface area contributed by atoms with E-state index in [4.69, 9.17) is 27.9 Å². The van der Waals surface area contributed by atoms with Crippen LogP contribution in [-0.2, 0) is 6.54 Å². The zero-order valence-corrected chi connectivity index (χ0v) is 17.0. The van der Waals surface area contributed by atoms with Crippen LogP contribution in [0.3, 0.4) is 0 Å². The first kappa shape index (κ1) is 18.7. The van der Waals surface area contributed by atoms with Crippen LogP contribution >= 0.6 is 55.1 Å². The number of hydrogen-bond donors (Lipinski definition) is 2. The van der Waals surface area contributed by atoms with Crippen molar-refractivity contribution >= 4 is 60.7 Å². The van der Waals surface area contributed by atoms with E-state index in [9.17, 15) is 5.11 Å². The second-order valence-corrected chi connectivity index (χ2v) is 7.45. The average molecular weight is 484 g/mol. The zero-order chi connectivity index (χ0) is 17.0. The molecule has 0 aromatic heterocycles. The van der Waals surface area contributed by atoms with E-state index in [1.165, 1.54) is 0 Å². The highest BCUT2D eigenvalue weighted by atomic mass is 79.9. The summed E-state index contributed by atoms with van der Waals surface area (Å²) in [6.07, 6.45) is 0.929. The van der Waals surface area contributed by atoms with E-state index in [2.05, 4.69) is 44.1 Å². The molecule has 2 aromatic carbocycles. The molecular weight excluding hydrogens is 469 g/mol. The lowest BCUT2D eigenvalue weighted by atomic mass is 10.2. The lowest BCUT2D eigenvalue weighted by molar-refractivity contribution is 0.312. The van der Waals surface area contributed by atoms with Gasteiger partial charge in [0.25, 0.3) is 0 Å². The van der Waals surface area contributed by atoms with Crippen molar-refractivity contribution in [3.05, 3.63) is 48.8 Å². The molecule has 0 amide bonds. The standard InChI is InChI=1S/C16H15Br2Cl2NO2/c1-2-3-23-16-9(4-10(17)5-12(16)18)8-21-11-6-13(19)15(22)14(20)7-11/h4-7,21-22H,2-3,8H2,1H3. The van der Waals surface area contributed by atoms with Crippen LogP contribution in [0.4, 0.5) is 5.69 Å². The van der Waals surface area contributed by atoms with E-state index >= 15 is 0 Å². The molecule has 0 saturated carbocycles. The van der Waals surface area contributed by atoms with Crippen molar-refractivity contribution in [3.8, 4) is 11.5 Å². The molecule has 0 bridgehead atoms. The van der Waals surface area contributed by atoms with Crippen LogP contribution in [-0.4, -0.2) is 11.7 Å². The fourth-order valence-corrected chi connectivity index (χ4v) is 3.89. The molecule has 0 aliphatic rings. The Morgan fingerprint density at radius 1 is 1.13 bits per heavy atom. The van der Waals surface area contributed by atoms with Crippen molar-refractivity contribution in [1.29, 1.82) is 0 Å². The van der Waals surface area contributed by atoms with Gasteiger partial charge in [0.05, 0.1) is 21.1 Å². The molecule has 2 aromatic rings. The predicted octanol–water partition coefficient (Wildman–Crippen LogP) is 6.62. The third-order valence-corrected chi connectivity index (χ3v) is 4.66. The molecule has 2 rings (SSSR count). The Balaban J connectivity index is 2.22. The molecule has 0 aliphatic carbocycles. The molecule has 124 valence electrons. The first-order valence-electron chi connectivity index (χ1n) is 6.95. The van der Waals surface area contributed by atoms with Crippen LogP contribution in [0.25, 0.3) is 0 Å². The maximum atomic E-state index is 9.61. The van der Waals surface area contributed by atoms with Crippen molar-refractivity contribution < 1.29 is 9.84 Å². The number of ether oxygens (including phenoxy) is 1. The topological polar surface area (TPSA) is 41.5 Å². The molecule has 0 fully saturated rings. The Labute approximate surface area is 162 Å². The molecule has 7 heteroatoms. The fourth-order valence-electron chi connectivity index (χ4n) is 1.98. The SMILES string of the molecule is CCCOc1c(Br)cc(Br)cc1CNc1cc(Cl)c(O)c(Cl)c1. The van der Waals surface area contributed by atoms with Crippen molar-refractivity contribution in [1.82, 2.24) is 0 Å². The lowest BCUT2D eigenvalue weighted by Crippen LogP contribution is -2.05. The third-order valence-electron chi connectivity index (χ3n) is 3.04. The van der Waals surface area contributed by atoms with Crippen LogP contribution in [0.2, 0.25) is 10.0 Å². The number of anilines is 1. The summed E-state index contributed by atoms with van der Waals surface area (Å²) in [5.41, 5.74) is 1.70. The van der Waals surface area contributed by atoms with Gasteiger partial charge in [0.1, 0.15) is 5.75 Å². The Kier molecular flexibility index (Phi) is 6.89. The molecule has 0 heterocycles. The molecule has 2 N–H and O–H groups in total. The second-order valence-electron chi connectivity index (χ2n) is 4.87. The van der Waals surface area contributed by atoms with Gasteiger partial charge in [-0.1, -0.05) is 46.1 Å². The molecular formula is C16H15Br2Cl2NO2. The number of benzene rings is 2. The third kappa shape index (κ3) is 4.92. The smallest absolute Gasteiger partial charge is 0.152 e. The van der Waals surface area contributed by atoms with Gasteiger partial charge in [-0.3, -0.25) is 0 Å². The second kappa shape index (κ2) is 8.47. The van der Waals surface area contributed by atoms with E-state index < -0.39 is 0 Å². The van der Waals surface area contributed by atoms with E-state index in [1.54, 1.807) is 12.1 Å². The number of halogens is 4. The van der Waals surface area contributed by atoms with Gasteiger partial charge < -0.3 is 15.2 Å². The summed E-state index contributed by atoms with van der Waals surface area (Å²) in [6, 6.07) is 7.19. The van der Waals surface area contributed by atoms with Crippen LogP contribution < -0.4 is 10.1 Å². The summed E-state index contributed by atoms with van der Waals surface area (Å²) in [7, 11) is 0. The van der Waals surface area contributed by atoms with Crippen LogP contribution in [0, 0.1) is 0 Å². The van der Waals surface area contributed by atoms with Gasteiger partial charge in [0.15, 0.2) is 5.75 Å². The number of hydrogen-bond acceptors (Lipinski definition) is 3. The number of phenols is 1. The molecule has 23 heavy (non-hydrogen) atoms. The largest absolute Gasteiger partial charge is 0.505 e. The number of rotatable bonds is 6. The Hall–Kier alpha value is -0.620. The summed E-state index contributed by atoms with van der Waals surface area (Å²) in [4.78, 5) is 0. The maximum Gasteiger partial charge on any atom is 0.152 e. The Bertz CT molecular complexity index is 688. The Morgan fingerprint density at radius 2 is 1.78 bits per heavy atom. The summed E-state index contributed by atoms with van der Waals surface area (Å²) in [5, 5.41) is 13.3. The van der Waals surface area contributed by atoms with Gasteiger partial charge in [-0.25, -0.2) is 0 Å². The monoisotopic (exact) mass is 481 g/mol. The average Bonchev–Trinajstić information content (AvgIpc) is 2.49. The van der Waals surface area contributed by atoms with Crippen LogP contribution in [0.1, 0.15) is 18.9 Å². The van der Waals surface area contributed by atoms with Crippen molar-refractivity contribution in [2.75, 3.05) is 11.9 Å². The van der Waals surface area contributed by atoms with Gasteiger partial charge in [0, 0.05) is 22.3 Å². The molecule has 0 aliphatic heterocycles. The molecule has 0 atom stereocenters. The molecule has 0 unspecified atom stereocenters. The van der Waals surface area contributed by atoms with E-state index in [1.807, 2.05) is 12.1 Å². The molecule has 3 nitrogen and oxygen atoms in total. The Morgan fingerprint density at radius 3 is 2.39 bits per heavy atom. The van der Waals surface area contributed by atoms with Gasteiger partial charge in [-0.2, -0.15) is 0 Å². The highest BCUT2D eigenvalue weighted by molar-refractivity contribution is 9.11. The van der Waals surface area contributed by atoms with Crippen LogP contribution in [0.15, 0.2) is 33.2 Å². The predicted molar refractivity (Wildman–Crippen MR) is 103 cm³/mol. The first-order valence-corrected chi connectivity index (χ1v) is 9.29. The summed E-state index contributed by atoms with van der Waals surface area (Å²) in [5.74, 6) is 0.689. The lowest BCUT2D eigenvalue weighted by Gasteiger charge is -2.15. The van der Waals surface area contributed by atoms with E-state index in [0.29, 0.717) is 13.2 Å². The van der Waals surface area contributed by atoms with Gasteiger partial charge >= 0.3 is 0 Å². The van der Waals surface area contributed by atoms with Crippen LogP contribution in [0.5, 0.6) is 11.5 Å². The number of nitrogens with one attached hydrogen (secondary N) is 1. The normalized spacial score (nSPS) is 10.7. The van der Waals surface area contributed by atoms with Crippen molar-refractivity contribution in [3.63, 3.8) is 0 Å². The van der Waals surface area contributed by atoms with Gasteiger partial charge in [-0.15, -0.1) is 0 Å². The highest BCUT2D eigenvalue weighted by Gasteiger charge is 2.11. The quantitative estimate of drug-likeness (QED) is 0.453. The summed E-state index contributed by atoms with van der Waals surface area (Å²) < 4.78 is 7.67. The number of phenolic OH excluding ortho intramolecular Hbond substituents is 1. The van der Waals surface area contributed by atoms with Gasteiger partial charge in [0.2, 0.25) is 0 Å². The minimum Gasteiger partial charge on any atom is -0.505 e. The van der Waals surface area contributed by atoms with Crippen molar-refractivity contribution in [2.45, 2.75) is 19.9 Å². The zero-order valence-electron chi connectivity index (χ0n) is 12.3. The van der Waals surface area contributed by atoms with E-state index in [0.717, 1.165) is 32.4 Å². The molecule has 0 saturated heterocycles. The maximum absolute atomic E-state index is 9.61. The van der Waals surface area contributed by atoms with E-state index in [-0.39, 0.29) is 15.8 Å². The molecule has 0 radical (unpaired) electrons. The minimum absolute atomic E-state index is 0.115. The summed E-state index contributed by atoms with van der Waals surface area (Å²) in [6.45, 7) is 3.23. The summed E-state index contributed by atoms with van der Waals surface area (Å²) >= 11 is 18.9. The van der Waals surface area contributed by atoms with Crippen molar-refractivity contribution in [2.24, 2.45) is 0 Å².